The first kappa shape index (κ1) is 14.8. The average Bonchev–Trinajstić information content (AvgIpc) is 2.60. The lowest BCUT2D eigenvalue weighted by atomic mass is 9.83. The lowest BCUT2D eigenvalue weighted by Gasteiger charge is -2.38. The van der Waals surface area contributed by atoms with Crippen molar-refractivity contribution in [3.05, 3.63) is 0 Å². The van der Waals surface area contributed by atoms with Crippen molar-refractivity contribution in [1.82, 2.24) is 5.32 Å². The summed E-state index contributed by atoms with van der Waals surface area (Å²) in [7, 11) is 1.52. The summed E-state index contributed by atoms with van der Waals surface area (Å²) in [6.07, 6.45) is 8.29. The van der Waals surface area contributed by atoms with Crippen LogP contribution < -0.4 is 5.32 Å². The summed E-state index contributed by atoms with van der Waals surface area (Å²) < 4.78 is 5.14. The van der Waals surface area contributed by atoms with E-state index in [0.717, 1.165) is 12.8 Å². The quantitative estimate of drug-likeness (QED) is 0.798. The Bertz CT molecular complexity index is 334. The molecule has 2 rings (SSSR count). The summed E-state index contributed by atoms with van der Waals surface area (Å²) in [5.74, 6) is 0.285. The van der Waals surface area contributed by atoms with Crippen LogP contribution in [0.15, 0.2) is 0 Å². The van der Waals surface area contributed by atoms with E-state index in [1.807, 2.05) is 0 Å². The molecular formula is C16H29NO2. The van der Waals surface area contributed by atoms with Crippen molar-refractivity contribution in [3.8, 4) is 0 Å². The van der Waals surface area contributed by atoms with Crippen LogP contribution in [0.1, 0.15) is 65.7 Å². The van der Waals surface area contributed by atoms with Crippen LogP contribution in [0.5, 0.6) is 0 Å². The zero-order chi connectivity index (χ0) is 14.1. The molecule has 2 atom stereocenters. The molecule has 3 nitrogen and oxygen atoms in total. The molecule has 2 aliphatic rings. The molecular weight excluding hydrogens is 238 g/mol. The highest BCUT2D eigenvalue weighted by atomic mass is 16.5. The summed E-state index contributed by atoms with van der Waals surface area (Å²) in [6, 6.07) is 0.490. The molecule has 0 aromatic rings. The fourth-order valence-electron chi connectivity index (χ4n) is 4.32. The molecule has 0 heterocycles. The van der Waals surface area contributed by atoms with Gasteiger partial charge in [0.1, 0.15) is 5.54 Å². The first-order chi connectivity index (χ1) is 8.89. The minimum atomic E-state index is -0.458. The average molecular weight is 267 g/mol. The van der Waals surface area contributed by atoms with E-state index in [1.165, 1.54) is 39.2 Å². The molecule has 2 unspecified atom stereocenters. The predicted octanol–water partition coefficient (Wildman–Crippen LogP) is 3.28. The number of rotatable bonds is 3. The van der Waals surface area contributed by atoms with Crippen molar-refractivity contribution < 1.29 is 9.53 Å². The van der Waals surface area contributed by atoms with E-state index >= 15 is 0 Å². The van der Waals surface area contributed by atoms with Gasteiger partial charge < -0.3 is 4.74 Å². The number of carbonyl (C=O) groups is 1. The SMILES string of the molecule is COC(=O)C1(NC2CCCCC2)CC(C)(C)CC1C. The molecule has 19 heavy (non-hydrogen) atoms. The van der Waals surface area contributed by atoms with Gasteiger partial charge in [0, 0.05) is 6.04 Å². The fourth-order valence-corrected chi connectivity index (χ4v) is 4.32. The van der Waals surface area contributed by atoms with Gasteiger partial charge >= 0.3 is 5.97 Å². The van der Waals surface area contributed by atoms with Crippen molar-refractivity contribution in [2.75, 3.05) is 7.11 Å². The lowest BCUT2D eigenvalue weighted by molar-refractivity contribution is -0.151. The molecule has 2 saturated carbocycles. The van der Waals surface area contributed by atoms with Gasteiger partial charge in [0.05, 0.1) is 7.11 Å². The Kier molecular flexibility index (Phi) is 4.24. The van der Waals surface area contributed by atoms with E-state index < -0.39 is 5.54 Å². The fraction of sp³-hybridized carbons (Fsp3) is 0.938. The number of hydrogen-bond donors (Lipinski definition) is 1. The Balaban J connectivity index is 2.17. The van der Waals surface area contributed by atoms with E-state index in [9.17, 15) is 4.79 Å². The Morgan fingerprint density at radius 3 is 2.32 bits per heavy atom. The van der Waals surface area contributed by atoms with Gasteiger partial charge in [-0.3, -0.25) is 10.1 Å². The third-order valence-electron chi connectivity index (χ3n) is 5.07. The van der Waals surface area contributed by atoms with Gasteiger partial charge in [-0.15, -0.1) is 0 Å². The summed E-state index contributed by atoms with van der Waals surface area (Å²) in [5.41, 5.74) is -0.241. The molecule has 0 aromatic carbocycles. The normalized spacial score (nSPS) is 35.3. The Morgan fingerprint density at radius 2 is 1.84 bits per heavy atom. The molecule has 0 saturated heterocycles. The number of methoxy groups -OCH3 is 1. The zero-order valence-corrected chi connectivity index (χ0v) is 12.9. The van der Waals surface area contributed by atoms with Crippen LogP contribution in [0.2, 0.25) is 0 Å². The Labute approximate surface area is 117 Å². The van der Waals surface area contributed by atoms with Gasteiger partial charge in [0.2, 0.25) is 0 Å². The van der Waals surface area contributed by atoms with Crippen molar-refractivity contribution in [1.29, 1.82) is 0 Å². The van der Waals surface area contributed by atoms with Gasteiger partial charge in [0.15, 0.2) is 0 Å². The van der Waals surface area contributed by atoms with E-state index in [1.54, 1.807) is 0 Å². The van der Waals surface area contributed by atoms with Crippen LogP contribution in [0, 0.1) is 11.3 Å². The molecule has 0 radical (unpaired) electrons. The summed E-state index contributed by atoms with van der Waals surface area (Å²) in [6.45, 7) is 6.72. The minimum Gasteiger partial charge on any atom is -0.468 e. The second-order valence-electron chi connectivity index (χ2n) is 7.39. The smallest absolute Gasteiger partial charge is 0.326 e. The van der Waals surface area contributed by atoms with Gasteiger partial charge in [-0.2, -0.15) is 0 Å². The highest BCUT2D eigenvalue weighted by Crippen LogP contribution is 2.48. The van der Waals surface area contributed by atoms with E-state index in [0.29, 0.717) is 12.0 Å². The maximum atomic E-state index is 12.4. The zero-order valence-electron chi connectivity index (χ0n) is 12.9. The largest absolute Gasteiger partial charge is 0.468 e. The topological polar surface area (TPSA) is 38.3 Å². The number of hydrogen-bond acceptors (Lipinski definition) is 3. The molecule has 3 heteroatoms. The lowest BCUT2D eigenvalue weighted by Crippen LogP contribution is -2.58. The molecule has 1 N–H and O–H groups in total. The molecule has 0 bridgehead atoms. The monoisotopic (exact) mass is 267 g/mol. The molecule has 0 amide bonds. The Morgan fingerprint density at radius 1 is 1.21 bits per heavy atom. The van der Waals surface area contributed by atoms with Crippen molar-refractivity contribution in [2.24, 2.45) is 11.3 Å². The summed E-state index contributed by atoms with van der Waals surface area (Å²) in [4.78, 5) is 12.4. The van der Waals surface area contributed by atoms with E-state index in [2.05, 4.69) is 26.1 Å². The van der Waals surface area contributed by atoms with Crippen LogP contribution in [0.3, 0.4) is 0 Å². The molecule has 2 fully saturated rings. The Hall–Kier alpha value is -0.570. The van der Waals surface area contributed by atoms with Crippen LogP contribution in [0.4, 0.5) is 0 Å². The highest BCUT2D eigenvalue weighted by Gasteiger charge is 2.55. The van der Waals surface area contributed by atoms with Crippen LogP contribution in [-0.2, 0) is 9.53 Å². The van der Waals surface area contributed by atoms with E-state index in [-0.39, 0.29) is 11.4 Å². The maximum absolute atomic E-state index is 12.4. The third-order valence-corrected chi connectivity index (χ3v) is 5.07. The molecule has 2 aliphatic carbocycles. The van der Waals surface area contributed by atoms with Crippen molar-refractivity contribution in [2.45, 2.75) is 77.3 Å². The second-order valence-corrected chi connectivity index (χ2v) is 7.39. The first-order valence-corrected chi connectivity index (χ1v) is 7.76. The second kappa shape index (κ2) is 5.43. The van der Waals surface area contributed by atoms with Crippen LogP contribution >= 0.6 is 0 Å². The molecule has 110 valence electrons. The first-order valence-electron chi connectivity index (χ1n) is 7.76. The minimum absolute atomic E-state index is 0.0591. The number of esters is 1. The van der Waals surface area contributed by atoms with Crippen LogP contribution in [0.25, 0.3) is 0 Å². The van der Waals surface area contributed by atoms with Gasteiger partial charge in [-0.1, -0.05) is 40.0 Å². The standard InChI is InChI=1S/C16H29NO2/c1-12-10-15(2,3)11-16(12,14(18)19-4)17-13-8-6-5-7-9-13/h12-13,17H,5-11H2,1-4H3. The number of ether oxygens (including phenoxy) is 1. The van der Waals surface area contributed by atoms with Gasteiger partial charge in [-0.25, -0.2) is 0 Å². The number of nitrogens with one attached hydrogen (secondary N) is 1. The summed E-state index contributed by atoms with van der Waals surface area (Å²) in [5, 5.41) is 3.71. The van der Waals surface area contributed by atoms with Gasteiger partial charge in [0.25, 0.3) is 0 Å². The van der Waals surface area contributed by atoms with Gasteiger partial charge in [-0.05, 0) is 37.0 Å². The molecule has 0 spiro atoms. The number of carbonyl (C=O) groups excluding carboxylic acids is 1. The highest BCUT2D eigenvalue weighted by molar-refractivity contribution is 5.82. The summed E-state index contributed by atoms with van der Waals surface area (Å²) >= 11 is 0. The van der Waals surface area contributed by atoms with Crippen LogP contribution in [-0.4, -0.2) is 24.7 Å². The molecule has 0 aliphatic heterocycles. The van der Waals surface area contributed by atoms with E-state index in [4.69, 9.17) is 4.74 Å². The third kappa shape index (κ3) is 2.96. The predicted molar refractivity (Wildman–Crippen MR) is 76.9 cm³/mol. The van der Waals surface area contributed by atoms with Crippen molar-refractivity contribution in [3.63, 3.8) is 0 Å². The van der Waals surface area contributed by atoms with Crippen molar-refractivity contribution >= 4 is 5.97 Å². The maximum Gasteiger partial charge on any atom is 0.326 e. The molecule has 0 aromatic heterocycles.